The second-order valence-corrected chi connectivity index (χ2v) is 19.4. The predicted octanol–water partition coefficient (Wildman–Crippen LogP) is 11.5. The van der Waals surface area contributed by atoms with E-state index in [4.69, 9.17) is 18.6 Å². The van der Waals surface area contributed by atoms with Gasteiger partial charge in [0.05, 0.1) is 21.7 Å². The minimum Gasteiger partial charge on any atom is -0.533 e. The van der Waals surface area contributed by atoms with Crippen LogP contribution in [0, 0.1) is 0 Å². The third kappa shape index (κ3) is 8.06. The van der Waals surface area contributed by atoms with Crippen molar-refractivity contribution in [2.45, 2.75) is 136 Å². The van der Waals surface area contributed by atoms with Gasteiger partial charge in [-0.25, -0.2) is 0 Å². The zero-order chi connectivity index (χ0) is 35.0. The summed E-state index contributed by atoms with van der Waals surface area (Å²) in [5.41, 5.74) is 1.81. The lowest BCUT2D eigenvalue weighted by Gasteiger charge is -2.32. The van der Waals surface area contributed by atoms with Crippen molar-refractivity contribution in [2.75, 3.05) is 0 Å². The van der Waals surface area contributed by atoms with Crippen molar-refractivity contribution in [1.29, 1.82) is 0 Å². The van der Waals surface area contributed by atoms with Gasteiger partial charge in [0.1, 0.15) is 5.60 Å². The van der Waals surface area contributed by atoms with Crippen LogP contribution in [0.4, 0.5) is 0 Å². The van der Waals surface area contributed by atoms with Crippen LogP contribution in [-0.4, -0.2) is 31.0 Å². The van der Waals surface area contributed by atoms with Crippen molar-refractivity contribution in [3.63, 3.8) is 0 Å². The minimum atomic E-state index is -0.478. The van der Waals surface area contributed by atoms with Gasteiger partial charge < -0.3 is 18.6 Å². The number of unbranched alkanes of at least 4 members (excludes halogenated alkanes) is 6. The van der Waals surface area contributed by atoms with Crippen LogP contribution in [0.15, 0.2) is 48.7 Å². The summed E-state index contributed by atoms with van der Waals surface area (Å²) in [6.07, 6.45) is 12.3. The summed E-state index contributed by atoms with van der Waals surface area (Å²) in [5, 5.41) is 0. The van der Waals surface area contributed by atoms with Crippen LogP contribution in [0.2, 0.25) is 0 Å². The van der Waals surface area contributed by atoms with E-state index < -0.39 is 12.7 Å². The summed E-state index contributed by atoms with van der Waals surface area (Å²) in [5.74, 6) is 0.689. The molecule has 2 fully saturated rings. The Kier molecular flexibility index (Phi) is 11.5. The summed E-state index contributed by atoms with van der Waals surface area (Å²) in [6.45, 7) is 21.2. The molecule has 0 unspecified atom stereocenters. The predicted molar refractivity (Wildman–Crippen MR) is 216 cm³/mol. The van der Waals surface area contributed by atoms with Gasteiger partial charge in [0.15, 0.2) is 0 Å². The highest BCUT2D eigenvalue weighted by atomic mass is 32.1. The molecule has 262 valence electrons. The normalized spacial score (nSPS) is 18.2. The van der Waals surface area contributed by atoms with Gasteiger partial charge >= 0.3 is 14.2 Å². The first kappa shape index (κ1) is 37.1. The molecule has 2 aliphatic rings. The van der Waals surface area contributed by atoms with Crippen molar-refractivity contribution >= 4 is 69.1 Å². The first-order valence-electron chi connectivity index (χ1n) is 18.2. The maximum absolute atomic E-state index is 6.41. The third-order valence-corrected chi connectivity index (χ3v) is 15.3. The van der Waals surface area contributed by atoms with Crippen LogP contribution in [-0.2, 0) is 31.5 Å². The van der Waals surface area contributed by atoms with E-state index in [-0.39, 0.29) is 18.3 Å². The molecule has 6 rings (SSSR count). The van der Waals surface area contributed by atoms with Crippen LogP contribution >= 0.6 is 45.3 Å². The van der Waals surface area contributed by atoms with Crippen LogP contribution < -0.4 is 9.55 Å². The fourth-order valence-electron chi connectivity index (χ4n) is 6.27. The van der Waals surface area contributed by atoms with Crippen molar-refractivity contribution in [1.82, 2.24) is 0 Å². The van der Waals surface area contributed by atoms with Gasteiger partial charge in [-0.15, -0.1) is 45.3 Å². The fourth-order valence-corrected chi connectivity index (χ4v) is 11.0. The molecule has 0 spiro atoms. The molecule has 0 amide bonds. The standard InChI is InChI=1S/C39H52B2O4S4/c1-10-12-14-16-18-27-24-31(29-20-22-33(46-29)40-42-26(3)37(4,5)43-40)48-35(27)36-28(19-17-15-13-11-2)25-32(49-36)30-21-23-34(47-30)41-44-38(6,7)39(8,9)45-41/h20-25H,3,10-19H2,1-2,4-9H3. The fraction of sp³-hybridized carbons (Fsp3) is 0.538. The largest absolute Gasteiger partial charge is 0.574 e. The van der Waals surface area contributed by atoms with Gasteiger partial charge in [0.2, 0.25) is 0 Å². The van der Waals surface area contributed by atoms with Crippen molar-refractivity contribution in [2.24, 2.45) is 0 Å². The average molecular weight is 735 g/mol. The van der Waals surface area contributed by atoms with Crippen molar-refractivity contribution < 1.29 is 18.6 Å². The molecule has 0 aromatic carbocycles. The lowest BCUT2D eigenvalue weighted by molar-refractivity contribution is 0.00578. The molecule has 10 heteroatoms. The van der Waals surface area contributed by atoms with Crippen LogP contribution in [0.3, 0.4) is 0 Å². The van der Waals surface area contributed by atoms with E-state index in [0.29, 0.717) is 5.76 Å². The molecule has 2 saturated heterocycles. The number of hydrogen-bond acceptors (Lipinski definition) is 8. The Balaban J connectivity index is 1.33. The second-order valence-electron chi connectivity index (χ2n) is 15.0. The Bertz CT molecular complexity index is 1730. The highest BCUT2D eigenvalue weighted by Crippen LogP contribution is 2.48. The van der Waals surface area contributed by atoms with Crippen molar-refractivity contribution in [3.8, 4) is 29.3 Å². The molecule has 4 aromatic heterocycles. The summed E-state index contributed by atoms with van der Waals surface area (Å²) in [6, 6.07) is 13.8. The van der Waals surface area contributed by atoms with Gasteiger partial charge in [-0.3, -0.25) is 0 Å². The molecule has 0 radical (unpaired) electrons. The molecule has 0 atom stereocenters. The summed E-state index contributed by atoms with van der Waals surface area (Å²) in [4.78, 5) is 8.15. The average Bonchev–Trinajstić information content (AvgIpc) is 3.88. The highest BCUT2D eigenvalue weighted by Gasteiger charge is 2.52. The van der Waals surface area contributed by atoms with Crippen molar-refractivity contribution in [3.05, 3.63) is 59.9 Å². The van der Waals surface area contributed by atoms with E-state index in [1.54, 1.807) is 11.3 Å². The molecular formula is C39H52B2O4S4. The molecule has 49 heavy (non-hydrogen) atoms. The van der Waals surface area contributed by atoms with Gasteiger partial charge in [-0.1, -0.05) is 65.0 Å². The zero-order valence-electron chi connectivity index (χ0n) is 30.7. The van der Waals surface area contributed by atoms with Gasteiger partial charge in [-0.05, 0) is 109 Å². The molecule has 4 aromatic rings. The first-order valence-corrected chi connectivity index (χ1v) is 21.4. The maximum Gasteiger partial charge on any atom is 0.574 e. The number of aryl methyl sites for hydroxylation is 2. The second kappa shape index (κ2) is 15.1. The lowest BCUT2D eigenvalue weighted by atomic mass is 9.88. The lowest BCUT2D eigenvalue weighted by Crippen LogP contribution is -2.41. The molecule has 0 N–H and O–H groups in total. The van der Waals surface area contributed by atoms with Crippen LogP contribution in [0.1, 0.15) is 118 Å². The van der Waals surface area contributed by atoms with E-state index in [9.17, 15) is 0 Å². The van der Waals surface area contributed by atoms with E-state index in [2.05, 4.69) is 84.5 Å². The monoisotopic (exact) mass is 734 g/mol. The molecule has 4 nitrogen and oxygen atoms in total. The van der Waals surface area contributed by atoms with Gasteiger partial charge in [0.25, 0.3) is 0 Å². The van der Waals surface area contributed by atoms with E-state index in [1.807, 2.05) is 47.9 Å². The van der Waals surface area contributed by atoms with E-state index in [1.165, 1.54) is 91.8 Å². The molecule has 6 heterocycles. The molecular weight excluding hydrogens is 682 g/mol. The number of hydrogen-bond donors (Lipinski definition) is 0. The SMILES string of the molecule is C=C1OB(c2ccc(-c3cc(CCCCCC)c(-c4sc(-c5ccc(B6OC(C)(C)C(C)(C)O6)s5)cc4CCCCCC)s3)s2)OC1(C)C. The Labute approximate surface area is 311 Å². The number of rotatable bonds is 15. The Morgan fingerprint density at radius 1 is 0.571 bits per heavy atom. The first-order chi connectivity index (χ1) is 23.3. The maximum atomic E-state index is 6.41. The topological polar surface area (TPSA) is 36.9 Å². The highest BCUT2D eigenvalue weighted by molar-refractivity contribution is 7.31. The zero-order valence-corrected chi connectivity index (χ0v) is 33.9. The number of thiophene rings is 4. The van der Waals surface area contributed by atoms with E-state index >= 15 is 0 Å². The Hall–Kier alpha value is -1.65. The Morgan fingerprint density at radius 2 is 1.04 bits per heavy atom. The molecule has 0 bridgehead atoms. The van der Waals surface area contributed by atoms with E-state index in [0.717, 1.165) is 22.4 Å². The van der Waals surface area contributed by atoms with Crippen LogP contribution in [0.25, 0.3) is 29.3 Å². The molecule has 2 aliphatic heterocycles. The third-order valence-electron chi connectivity index (χ3n) is 10.2. The van der Waals surface area contributed by atoms with Gasteiger partial charge in [-0.2, -0.15) is 0 Å². The molecule has 0 aliphatic carbocycles. The van der Waals surface area contributed by atoms with Crippen LogP contribution in [0.5, 0.6) is 0 Å². The molecule has 0 saturated carbocycles. The summed E-state index contributed by atoms with van der Waals surface area (Å²) in [7, 11) is -0.720. The Morgan fingerprint density at radius 3 is 1.47 bits per heavy atom. The van der Waals surface area contributed by atoms with Gasteiger partial charge in [0, 0.05) is 34.0 Å². The summed E-state index contributed by atoms with van der Waals surface area (Å²) < 4.78 is 27.3. The quantitative estimate of drug-likeness (QED) is 0.0900. The smallest absolute Gasteiger partial charge is 0.533 e. The summed E-state index contributed by atoms with van der Waals surface area (Å²) >= 11 is 7.52. The minimum absolute atomic E-state index is 0.328.